The number of fused-ring (bicyclic) bond motifs is 1. The zero-order valence-corrected chi connectivity index (χ0v) is 17.3. The van der Waals surface area contributed by atoms with Crippen molar-refractivity contribution < 1.29 is 9.13 Å². The molecule has 3 heterocycles. The monoisotopic (exact) mass is 433 g/mol. The number of nitrogens with zero attached hydrogens (tertiary/aromatic N) is 7. The van der Waals surface area contributed by atoms with Crippen LogP contribution < -0.4 is 4.74 Å². The van der Waals surface area contributed by atoms with Crippen LogP contribution in [0.15, 0.2) is 54.9 Å². The number of ether oxygens (including phenoxy) is 1. The molecule has 0 spiro atoms. The second kappa shape index (κ2) is 7.80. The molecule has 5 rings (SSSR count). The Bertz CT molecular complexity index is 1350. The van der Waals surface area contributed by atoms with Crippen LogP contribution in [0.3, 0.4) is 0 Å². The molecule has 10 heteroatoms. The third-order valence-corrected chi connectivity index (χ3v) is 5.13. The average molecular weight is 433 g/mol. The summed E-state index contributed by atoms with van der Waals surface area (Å²) in [5.41, 5.74) is 2.84. The summed E-state index contributed by atoms with van der Waals surface area (Å²) in [6.45, 7) is 0.178. The maximum atomic E-state index is 13.3. The van der Waals surface area contributed by atoms with Gasteiger partial charge in [0.2, 0.25) is 5.88 Å². The smallest absolute Gasteiger partial charge is 0.240 e. The molecular formula is C21H16FN7OS. The Morgan fingerprint density at radius 2 is 2.03 bits per heavy atom. The van der Waals surface area contributed by atoms with Gasteiger partial charge in [0, 0.05) is 29.5 Å². The number of aromatic nitrogens is 7. The van der Waals surface area contributed by atoms with Crippen LogP contribution in [0.4, 0.5) is 4.39 Å². The van der Waals surface area contributed by atoms with Crippen molar-refractivity contribution in [3.8, 4) is 17.3 Å². The number of allylic oxidation sites excluding steroid dienone is 4. The maximum absolute atomic E-state index is 13.3. The van der Waals surface area contributed by atoms with Crippen molar-refractivity contribution in [2.75, 3.05) is 0 Å². The van der Waals surface area contributed by atoms with Gasteiger partial charge in [0.15, 0.2) is 17.3 Å². The molecule has 8 nitrogen and oxygen atoms in total. The van der Waals surface area contributed by atoms with E-state index in [1.54, 1.807) is 28.4 Å². The Balaban J connectivity index is 1.62. The molecule has 0 bridgehead atoms. The van der Waals surface area contributed by atoms with Gasteiger partial charge in [0.1, 0.15) is 18.8 Å². The highest BCUT2D eigenvalue weighted by Crippen LogP contribution is 2.30. The van der Waals surface area contributed by atoms with Gasteiger partial charge in [-0.25, -0.2) is 9.37 Å². The normalized spacial score (nSPS) is 13.6. The molecule has 0 radical (unpaired) electrons. The molecule has 0 amide bonds. The topological polar surface area (TPSA) is 83.0 Å². The predicted octanol–water partition coefficient (Wildman–Crippen LogP) is 3.35. The first-order chi connectivity index (χ1) is 15.1. The first-order valence-corrected chi connectivity index (χ1v) is 9.89. The fourth-order valence-electron chi connectivity index (χ4n) is 3.24. The van der Waals surface area contributed by atoms with E-state index in [4.69, 9.17) is 17.0 Å². The fourth-order valence-corrected chi connectivity index (χ4v) is 3.47. The summed E-state index contributed by atoms with van der Waals surface area (Å²) in [6.07, 6.45) is 8.10. The van der Waals surface area contributed by atoms with Crippen LogP contribution in [0.5, 0.6) is 5.88 Å². The molecule has 0 fully saturated rings. The molecule has 3 aromatic heterocycles. The number of hydrogen-bond acceptors (Lipinski definition) is 7. The number of hydrogen-bond donors (Lipinski definition) is 0. The number of benzene rings is 1. The highest BCUT2D eigenvalue weighted by atomic mass is 32.1. The first-order valence-electron chi connectivity index (χ1n) is 9.48. The molecule has 0 unspecified atom stereocenters. The van der Waals surface area contributed by atoms with Gasteiger partial charge in [0.25, 0.3) is 0 Å². The van der Waals surface area contributed by atoms with E-state index in [9.17, 15) is 4.39 Å². The van der Waals surface area contributed by atoms with Crippen LogP contribution in [0, 0.1) is 5.82 Å². The van der Waals surface area contributed by atoms with Gasteiger partial charge < -0.3 is 4.74 Å². The summed E-state index contributed by atoms with van der Waals surface area (Å²) in [7, 11) is 1.79. The van der Waals surface area contributed by atoms with E-state index in [2.05, 4.69) is 25.4 Å². The summed E-state index contributed by atoms with van der Waals surface area (Å²) in [5, 5.41) is 17.2. The SMILES string of the molecule is Cn1ncnc1COc1nn2c(-c3ccc(F)cc3)nnc2cc1C1=CC(=S)CC=C1. The Labute approximate surface area is 181 Å². The minimum Gasteiger partial charge on any atom is -0.468 e. The zero-order valence-electron chi connectivity index (χ0n) is 16.4. The van der Waals surface area contributed by atoms with Gasteiger partial charge in [-0.3, -0.25) is 4.68 Å². The van der Waals surface area contributed by atoms with Crippen LogP contribution >= 0.6 is 12.2 Å². The van der Waals surface area contributed by atoms with E-state index in [1.165, 1.54) is 18.5 Å². The van der Waals surface area contributed by atoms with E-state index >= 15 is 0 Å². The summed E-state index contributed by atoms with van der Waals surface area (Å²) in [4.78, 5) is 5.02. The number of halogens is 1. The molecule has 0 aliphatic heterocycles. The Kier molecular flexibility index (Phi) is 4.83. The van der Waals surface area contributed by atoms with Crippen LogP contribution in [0.2, 0.25) is 0 Å². The summed E-state index contributed by atoms with van der Waals surface area (Å²) in [5.74, 6) is 1.18. The quantitative estimate of drug-likeness (QED) is 0.446. The Hall–Kier alpha value is -3.79. The van der Waals surface area contributed by atoms with Crippen molar-refractivity contribution in [3.63, 3.8) is 0 Å². The van der Waals surface area contributed by atoms with Crippen molar-refractivity contribution in [1.82, 2.24) is 34.6 Å². The maximum Gasteiger partial charge on any atom is 0.240 e. The standard InChI is InChI=1S/C21H16FN7OS/c1-28-19(23-12-24-28)11-30-21-17(14-3-2-4-16(31)9-14)10-18-25-26-20(29(18)27-21)13-5-7-15(22)8-6-13/h2-3,5-10,12H,4,11H2,1H3. The van der Waals surface area contributed by atoms with Gasteiger partial charge in [-0.05, 0) is 42.0 Å². The van der Waals surface area contributed by atoms with Gasteiger partial charge in [0.05, 0.1) is 0 Å². The predicted molar refractivity (Wildman–Crippen MR) is 116 cm³/mol. The van der Waals surface area contributed by atoms with Crippen molar-refractivity contribution in [2.45, 2.75) is 13.0 Å². The minimum atomic E-state index is -0.326. The molecule has 4 aromatic rings. The van der Waals surface area contributed by atoms with E-state index in [0.29, 0.717) is 28.7 Å². The zero-order chi connectivity index (χ0) is 21.4. The Morgan fingerprint density at radius 3 is 2.77 bits per heavy atom. The summed E-state index contributed by atoms with van der Waals surface area (Å²) < 4.78 is 22.6. The molecule has 1 aromatic carbocycles. The fraction of sp³-hybridized carbons (Fsp3) is 0.143. The second-order valence-electron chi connectivity index (χ2n) is 6.92. The highest BCUT2D eigenvalue weighted by Gasteiger charge is 2.18. The molecule has 31 heavy (non-hydrogen) atoms. The molecular weight excluding hydrogens is 417 g/mol. The lowest BCUT2D eigenvalue weighted by Gasteiger charge is -2.14. The lowest BCUT2D eigenvalue weighted by molar-refractivity contribution is 0.273. The number of aryl methyl sites for hydroxylation is 1. The Morgan fingerprint density at radius 1 is 1.19 bits per heavy atom. The summed E-state index contributed by atoms with van der Waals surface area (Å²) >= 11 is 5.37. The van der Waals surface area contributed by atoms with Gasteiger partial charge in [-0.15, -0.1) is 15.3 Å². The van der Waals surface area contributed by atoms with Crippen LogP contribution in [0.1, 0.15) is 17.8 Å². The molecule has 0 saturated heterocycles. The van der Waals surface area contributed by atoms with Gasteiger partial charge in [-0.2, -0.15) is 9.61 Å². The molecule has 1 aliphatic carbocycles. The molecule has 0 atom stereocenters. The van der Waals surface area contributed by atoms with E-state index in [1.807, 2.05) is 24.3 Å². The van der Waals surface area contributed by atoms with E-state index < -0.39 is 0 Å². The highest BCUT2D eigenvalue weighted by molar-refractivity contribution is 7.80. The van der Waals surface area contributed by atoms with Crippen LogP contribution in [-0.2, 0) is 13.7 Å². The molecule has 154 valence electrons. The van der Waals surface area contributed by atoms with E-state index in [0.717, 1.165) is 22.4 Å². The third-order valence-electron chi connectivity index (χ3n) is 4.85. The van der Waals surface area contributed by atoms with Gasteiger partial charge >= 0.3 is 0 Å². The average Bonchev–Trinajstić information content (AvgIpc) is 3.37. The molecule has 1 aliphatic rings. The van der Waals surface area contributed by atoms with Crippen LogP contribution in [-0.4, -0.2) is 39.4 Å². The molecule has 0 saturated carbocycles. The van der Waals surface area contributed by atoms with Gasteiger partial charge in [-0.1, -0.05) is 24.4 Å². The van der Waals surface area contributed by atoms with Crippen molar-refractivity contribution >= 4 is 28.3 Å². The third kappa shape index (κ3) is 3.73. The lowest BCUT2D eigenvalue weighted by Crippen LogP contribution is -2.09. The van der Waals surface area contributed by atoms with E-state index in [-0.39, 0.29) is 12.4 Å². The molecule has 0 N–H and O–H groups in total. The van der Waals surface area contributed by atoms with Crippen LogP contribution in [0.25, 0.3) is 22.6 Å². The summed E-state index contributed by atoms with van der Waals surface area (Å²) in [6, 6.07) is 7.85. The lowest BCUT2D eigenvalue weighted by atomic mass is 10.0. The largest absolute Gasteiger partial charge is 0.468 e. The van der Waals surface area contributed by atoms with Crippen molar-refractivity contribution in [3.05, 3.63) is 72.1 Å². The van der Waals surface area contributed by atoms with Crippen molar-refractivity contribution in [2.24, 2.45) is 7.05 Å². The minimum absolute atomic E-state index is 0.178. The number of thiocarbonyl (C=S) groups is 1. The number of rotatable bonds is 5. The second-order valence-corrected chi connectivity index (χ2v) is 7.45. The first kappa shape index (κ1) is 19.2. The van der Waals surface area contributed by atoms with Crippen molar-refractivity contribution in [1.29, 1.82) is 0 Å².